The summed E-state index contributed by atoms with van der Waals surface area (Å²) in [4.78, 5) is 25.6. The molecule has 2 N–H and O–H groups in total. The zero-order valence-electron chi connectivity index (χ0n) is 15.6. The number of hydrogen-bond donors (Lipinski definition) is 2. The minimum Gasteiger partial charge on any atom is -0.285 e. The second kappa shape index (κ2) is 8.77. The first-order valence-corrected chi connectivity index (χ1v) is 11.1. The fourth-order valence-electron chi connectivity index (χ4n) is 3.73. The number of rotatable bonds is 4. The molecule has 1 fully saturated rings. The Morgan fingerprint density at radius 1 is 0.931 bits per heavy atom. The molecule has 2 amide bonds. The van der Waals surface area contributed by atoms with E-state index in [1.807, 2.05) is 24.3 Å². The van der Waals surface area contributed by atoms with Crippen LogP contribution in [-0.2, 0) is 0 Å². The van der Waals surface area contributed by atoms with Crippen molar-refractivity contribution in [2.24, 2.45) is 11.0 Å². The molecule has 1 aliphatic heterocycles. The highest BCUT2D eigenvalue weighted by atomic mass is 79.9. The molecule has 0 radical (unpaired) electrons. The maximum Gasteiger partial charge on any atom is 0.275 e. The van der Waals surface area contributed by atoms with Crippen LogP contribution >= 0.6 is 31.9 Å². The predicted molar refractivity (Wildman–Crippen MR) is 118 cm³/mol. The van der Waals surface area contributed by atoms with Crippen LogP contribution in [0.1, 0.15) is 46.4 Å². The summed E-state index contributed by atoms with van der Waals surface area (Å²) in [7, 11) is 0. The Morgan fingerprint density at radius 3 is 2.21 bits per heavy atom. The Labute approximate surface area is 186 Å². The van der Waals surface area contributed by atoms with Gasteiger partial charge in [-0.15, -0.1) is 0 Å². The van der Waals surface area contributed by atoms with Crippen LogP contribution in [-0.4, -0.2) is 28.7 Å². The highest BCUT2D eigenvalue weighted by molar-refractivity contribution is 9.10. The van der Waals surface area contributed by atoms with E-state index >= 15 is 0 Å². The quantitative estimate of drug-likeness (QED) is 0.585. The van der Waals surface area contributed by atoms with Crippen molar-refractivity contribution >= 4 is 49.4 Å². The molecule has 1 aliphatic carbocycles. The molecule has 0 spiro atoms. The molecule has 4 rings (SSSR count). The van der Waals surface area contributed by atoms with Gasteiger partial charge in [-0.3, -0.25) is 15.0 Å². The van der Waals surface area contributed by atoms with Crippen molar-refractivity contribution in [2.75, 3.05) is 0 Å². The monoisotopic (exact) mass is 518 g/mol. The van der Waals surface area contributed by atoms with Crippen LogP contribution < -0.4 is 10.9 Å². The number of hydrazine groups is 1. The number of carbonyl (C=O) groups is 2. The summed E-state index contributed by atoms with van der Waals surface area (Å²) in [5.74, 6) is -0.332. The zero-order chi connectivity index (χ0) is 20.4. The summed E-state index contributed by atoms with van der Waals surface area (Å²) in [5, 5.41) is 6.10. The van der Waals surface area contributed by atoms with E-state index in [9.17, 15) is 9.59 Å². The molecule has 2 aromatic carbocycles. The van der Waals surface area contributed by atoms with E-state index < -0.39 is 6.17 Å². The van der Waals surface area contributed by atoms with Gasteiger partial charge in [0.25, 0.3) is 11.8 Å². The third-order valence-electron chi connectivity index (χ3n) is 5.25. The van der Waals surface area contributed by atoms with Crippen molar-refractivity contribution < 1.29 is 9.59 Å². The van der Waals surface area contributed by atoms with Gasteiger partial charge in [0.1, 0.15) is 6.17 Å². The van der Waals surface area contributed by atoms with Gasteiger partial charge < -0.3 is 0 Å². The largest absolute Gasteiger partial charge is 0.285 e. The van der Waals surface area contributed by atoms with E-state index in [0.29, 0.717) is 11.1 Å². The number of hydrogen-bond acceptors (Lipinski definition) is 4. The van der Waals surface area contributed by atoms with Crippen molar-refractivity contribution in [2.45, 2.75) is 31.8 Å². The summed E-state index contributed by atoms with van der Waals surface area (Å²) in [5.41, 5.74) is 7.95. The van der Waals surface area contributed by atoms with Gasteiger partial charge in [-0.1, -0.05) is 38.3 Å². The SMILES string of the molecule is O=C(NNC1C2CCCCC2=NN1C(=O)c1ccc(Br)cc1)c1ccc(Br)cc1. The van der Waals surface area contributed by atoms with Crippen LogP contribution in [0.4, 0.5) is 0 Å². The first-order valence-electron chi connectivity index (χ1n) is 9.51. The van der Waals surface area contributed by atoms with Gasteiger partial charge in [0.05, 0.1) is 0 Å². The summed E-state index contributed by atoms with van der Waals surface area (Å²) in [6, 6.07) is 14.3. The number of fused-ring (bicyclic) bond motifs is 1. The lowest BCUT2D eigenvalue weighted by Gasteiger charge is -2.29. The van der Waals surface area contributed by atoms with Crippen molar-refractivity contribution in [3.05, 3.63) is 68.6 Å². The summed E-state index contributed by atoms with van der Waals surface area (Å²) in [6.07, 6.45) is 3.58. The Balaban J connectivity index is 1.52. The number of carbonyl (C=O) groups excluding carboxylic acids is 2. The van der Waals surface area contributed by atoms with Gasteiger partial charge in [0.15, 0.2) is 0 Å². The molecule has 150 valence electrons. The van der Waals surface area contributed by atoms with Crippen LogP contribution in [0.15, 0.2) is 62.6 Å². The molecule has 2 aromatic rings. The molecule has 1 heterocycles. The Hall–Kier alpha value is -2.03. The van der Waals surface area contributed by atoms with Gasteiger partial charge in [-0.25, -0.2) is 10.4 Å². The number of nitrogens with one attached hydrogen (secondary N) is 2. The lowest BCUT2D eigenvalue weighted by atomic mass is 9.86. The molecule has 2 aliphatic rings. The van der Waals surface area contributed by atoms with E-state index in [0.717, 1.165) is 40.3 Å². The average Bonchev–Trinajstić information content (AvgIpc) is 3.11. The van der Waals surface area contributed by atoms with Crippen molar-refractivity contribution in [1.29, 1.82) is 0 Å². The normalized spacial score (nSPS) is 20.8. The third-order valence-corrected chi connectivity index (χ3v) is 6.30. The van der Waals surface area contributed by atoms with E-state index in [-0.39, 0.29) is 17.7 Å². The molecule has 0 bridgehead atoms. The number of hydrazone groups is 1. The van der Waals surface area contributed by atoms with Gasteiger partial charge in [0, 0.05) is 31.7 Å². The average molecular weight is 520 g/mol. The first-order chi connectivity index (χ1) is 14.0. The van der Waals surface area contributed by atoms with E-state index in [1.165, 1.54) is 5.01 Å². The number of amides is 2. The van der Waals surface area contributed by atoms with E-state index in [4.69, 9.17) is 0 Å². The molecule has 1 saturated carbocycles. The van der Waals surface area contributed by atoms with Gasteiger partial charge in [-0.2, -0.15) is 5.10 Å². The topological polar surface area (TPSA) is 73.8 Å². The first kappa shape index (κ1) is 20.3. The van der Waals surface area contributed by atoms with Gasteiger partial charge in [-0.05, 0) is 67.8 Å². The Kier molecular flexibility index (Phi) is 6.12. The van der Waals surface area contributed by atoms with Crippen LogP contribution in [0.3, 0.4) is 0 Å². The maximum absolute atomic E-state index is 13.1. The predicted octanol–water partition coefficient (Wildman–Crippen LogP) is 4.47. The van der Waals surface area contributed by atoms with E-state index in [2.05, 4.69) is 47.8 Å². The summed E-state index contributed by atoms with van der Waals surface area (Å²) < 4.78 is 1.82. The highest BCUT2D eigenvalue weighted by Crippen LogP contribution is 2.32. The Morgan fingerprint density at radius 2 is 1.55 bits per heavy atom. The molecule has 0 aromatic heterocycles. The molecular formula is C21H20Br2N4O2. The van der Waals surface area contributed by atoms with E-state index in [1.54, 1.807) is 24.3 Å². The van der Waals surface area contributed by atoms with Gasteiger partial charge >= 0.3 is 0 Å². The molecule has 2 unspecified atom stereocenters. The molecular weight excluding hydrogens is 500 g/mol. The van der Waals surface area contributed by atoms with Crippen molar-refractivity contribution in [3.63, 3.8) is 0 Å². The minimum absolute atomic E-state index is 0.105. The molecule has 0 saturated heterocycles. The van der Waals surface area contributed by atoms with Crippen LogP contribution in [0.2, 0.25) is 0 Å². The lowest BCUT2D eigenvalue weighted by Crippen LogP contribution is -2.55. The van der Waals surface area contributed by atoms with Crippen LogP contribution in [0.25, 0.3) is 0 Å². The third kappa shape index (κ3) is 4.44. The molecule has 29 heavy (non-hydrogen) atoms. The summed E-state index contributed by atoms with van der Waals surface area (Å²) >= 11 is 6.76. The highest BCUT2D eigenvalue weighted by Gasteiger charge is 2.41. The smallest absolute Gasteiger partial charge is 0.275 e. The Bertz CT molecular complexity index is 944. The fraction of sp³-hybridized carbons (Fsp3) is 0.286. The van der Waals surface area contributed by atoms with Crippen molar-refractivity contribution in [1.82, 2.24) is 15.9 Å². The number of benzene rings is 2. The van der Waals surface area contributed by atoms with Crippen LogP contribution in [0, 0.1) is 5.92 Å². The minimum atomic E-state index is -0.402. The maximum atomic E-state index is 13.1. The number of halogens is 2. The fourth-order valence-corrected chi connectivity index (χ4v) is 4.26. The standard InChI is InChI=1S/C21H20Br2N4O2/c22-15-9-5-13(6-10-15)20(28)25-24-19-17-3-1-2-4-18(17)26-27(19)21(29)14-7-11-16(23)12-8-14/h5-12,17,19,24H,1-4H2,(H,25,28). The lowest BCUT2D eigenvalue weighted by molar-refractivity contribution is 0.0598. The number of nitrogens with zero attached hydrogens (tertiary/aromatic N) is 2. The van der Waals surface area contributed by atoms with Gasteiger partial charge in [0.2, 0.25) is 0 Å². The second-order valence-electron chi connectivity index (χ2n) is 7.15. The molecule has 8 heteroatoms. The zero-order valence-corrected chi connectivity index (χ0v) is 18.7. The molecule has 2 atom stereocenters. The molecule has 6 nitrogen and oxygen atoms in total. The summed E-state index contributed by atoms with van der Waals surface area (Å²) in [6.45, 7) is 0. The van der Waals surface area contributed by atoms with Crippen molar-refractivity contribution in [3.8, 4) is 0 Å². The van der Waals surface area contributed by atoms with Crippen LogP contribution in [0.5, 0.6) is 0 Å². The second-order valence-corrected chi connectivity index (χ2v) is 8.98.